The lowest BCUT2D eigenvalue weighted by atomic mass is 10.0. The summed E-state index contributed by atoms with van der Waals surface area (Å²) in [6.45, 7) is 1.21. The van der Waals surface area contributed by atoms with Crippen molar-refractivity contribution in [2.45, 2.75) is 23.8 Å². The van der Waals surface area contributed by atoms with Gasteiger partial charge in [-0.25, -0.2) is 17.8 Å². The average molecular weight is 374 g/mol. The Morgan fingerprint density at radius 2 is 2.19 bits per heavy atom. The van der Waals surface area contributed by atoms with Gasteiger partial charge in [0.25, 0.3) is 0 Å². The summed E-state index contributed by atoms with van der Waals surface area (Å²) < 4.78 is 38.1. The number of rotatable bonds is 4. The monoisotopic (exact) mass is 374 g/mol. The van der Waals surface area contributed by atoms with E-state index in [1.54, 1.807) is 18.2 Å². The van der Waals surface area contributed by atoms with Crippen molar-refractivity contribution >= 4 is 21.3 Å². The molecule has 6 nitrogen and oxygen atoms in total. The highest BCUT2D eigenvalue weighted by molar-refractivity contribution is 7.90. The fourth-order valence-electron chi connectivity index (χ4n) is 3.14. The fourth-order valence-corrected chi connectivity index (χ4v) is 3.93. The third-order valence-electron chi connectivity index (χ3n) is 4.35. The van der Waals surface area contributed by atoms with Crippen LogP contribution in [0.25, 0.3) is 0 Å². The molecule has 1 aromatic carbocycles. The zero-order valence-electron chi connectivity index (χ0n) is 14.3. The highest BCUT2D eigenvalue weighted by Gasteiger charge is 2.24. The summed E-state index contributed by atoms with van der Waals surface area (Å²) in [7, 11) is -3.39. The summed E-state index contributed by atoms with van der Waals surface area (Å²) in [5, 5.41) is 12.1. The van der Waals surface area contributed by atoms with Crippen molar-refractivity contribution in [1.29, 1.82) is 5.26 Å². The standard InChI is InChI=1S/C18H19FN4O2S/c1-26(24,25)17-5-2-8-21-18(17)22-14-4-3-9-23(12-14)16-7-6-13(11-20)10-15(16)19/h2,5-8,10,14H,3-4,9,12H2,1H3,(H,21,22). The Labute approximate surface area is 152 Å². The van der Waals surface area contributed by atoms with E-state index in [1.165, 1.54) is 18.3 Å². The van der Waals surface area contributed by atoms with Gasteiger partial charge >= 0.3 is 0 Å². The largest absolute Gasteiger partial charge is 0.367 e. The van der Waals surface area contributed by atoms with Gasteiger partial charge in [0, 0.05) is 31.6 Å². The molecule has 1 aliphatic heterocycles. The van der Waals surface area contributed by atoms with Gasteiger partial charge in [-0.2, -0.15) is 5.26 Å². The second-order valence-electron chi connectivity index (χ2n) is 6.33. The smallest absolute Gasteiger partial charge is 0.179 e. The third kappa shape index (κ3) is 3.94. The number of halogens is 1. The molecular formula is C18H19FN4O2S. The van der Waals surface area contributed by atoms with Crippen LogP contribution in [0, 0.1) is 17.1 Å². The molecule has 1 aromatic heterocycles. The molecule has 0 amide bonds. The molecule has 0 bridgehead atoms. The molecule has 0 radical (unpaired) electrons. The Morgan fingerprint density at radius 1 is 1.38 bits per heavy atom. The number of hydrogen-bond donors (Lipinski definition) is 1. The Hall–Kier alpha value is -2.66. The predicted octanol–water partition coefficient (Wildman–Crippen LogP) is 2.58. The Kier molecular flexibility index (Phi) is 5.09. The Morgan fingerprint density at radius 3 is 2.88 bits per heavy atom. The van der Waals surface area contributed by atoms with Gasteiger partial charge in [0.1, 0.15) is 16.5 Å². The minimum atomic E-state index is -3.39. The van der Waals surface area contributed by atoms with E-state index >= 15 is 0 Å². The molecule has 8 heteroatoms. The number of nitriles is 1. The van der Waals surface area contributed by atoms with E-state index in [4.69, 9.17) is 5.26 Å². The summed E-state index contributed by atoms with van der Waals surface area (Å²) in [6, 6.07) is 9.40. The SMILES string of the molecule is CS(=O)(=O)c1cccnc1NC1CCCN(c2ccc(C#N)cc2F)C1. The van der Waals surface area contributed by atoms with E-state index in [9.17, 15) is 12.8 Å². The second kappa shape index (κ2) is 7.30. The number of piperidine rings is 1. The lowest BCUT2D eigenvalue weighted by Crippen LogP contribution is -2.42. The normalized spacial score (nSPS) is 17.6. The van der Waals surface area contributed by atoms with Crippen molar-refractivity contribution in [2.75, 3.05) is 29.6 Å². The highest BCUT2D eigenvalue weighted by Crippen LogP contribution is 2.26. The maximum absolute atomic E-state index is 14.3. The van der Waals surface area contributed by atoms with Crippen LogP contribution in [0.15, 0.2) is 41.4 Å². The maximum atomic E-state index is 14.3. The Balaban J connectivity index is 1.79. The van der Waals surface area contributed by atoms with Gasteiger partial charge in [-0.05, 0) is 43.2 Å². The van der Waals surface area contributed by atoms with E-state index in [0.29, 0.717) is 24.6 Å². The van der Waals surface area contributed by atoms with Gasteiger partial charge in [-0.15, -0.1) is 0 Å². The second-order valence-corrected chi connectivity index (χ2v) is 8.31. The van der Waals surface area contributed by atoms with Crippen molar-refractivity contribution in [3.05, 3.63) is 47.9 Å². The van der Waals surface area contributed by atoms with Gasteiger partial charge in [0.2, 0.25) is 0 Å². The molecule has 1 N–H and O–H groups in total. The van der Waals surface area contributed by atoms with Gasteiger partial charge in [0.15, 0.2) is 9.84 Å². The topological polar surface area (TPSA) is 86.1 Å². The van der Waals surface area contributed by atoms with E-state index < -0.39 is 15.7 Å². The van der Waals surface area contributed by atoms with Gasteiger partial charge in [-0.3, -0.25) is 0 Å². The molecule has 1 saturated heterocycles. The van der Waals surface area contributed by atoms with Crippen LogP contribution in [0.4, 0.5) is 15.9 Å². The minimum Gasteiger partial charge on any atom is -0.367 e. The van der Waals surface area contributed by atoms with E-state index in [0.717, 1.165) is 19.1 Å². The van der Waals surface area contributed by atoms with E-state index in [-0.39, 0.29) is 16.5 Å². The summed E-state index contributed by atoms with van der Waals surface area (Å²) in [5.74, 6) is -0.110. The maximum Gasteiger partial charge on any atom is 0.179 e. The number of pyridine rings is 1. The molecular weight excluding hydrogens is 355 g/mol. The molecule has 1 unspecified atom stereocenters. The number of sulfone groups is 1. The summed E-state index contributed by atoms with van der Waals surface area (Å²) in [6.07, 6.45) is 4.35. The number of aromatic nitrogens is 1. The van der Waals surface area contributed by atoms with Crippen LogP contribution in [0.5, 0.6) is 0 Å². The molecule has 2 heterocycles. The number of nitrogens with zero attached hydrogens (tertiary/aromatic N) is 3. The van der Waals surface area contributed by atoms with Crippen molar-refractivity contribution in [2.24, 2.45) is 0 Å². The van der Waals surface area contributed by atoms with Crippen LogP contribution in [-0.2, 0) is 9.84 Å². The van der Waals surface area contributed by atoms with Crippen LogP contribution in [0.2, 0.25) is 0 Å². The van der Waals surface area contributed by atoms with E-state index in [2.05, 4.69) is 10.3 Å². The molecule has 3 rings (SSSR count). The molecule has 0 saturated carbocycles. The highest BCUT2D eigenvalue weighted by atomic mass is 32.2. The van der Waals surface area contributed by atoms with Crippen LogP contribution in [0.1, 0.15) is 18.4 Å². The quantitative estimate of drug-likeness (QED) is 0.885. The number of benzene rings is 1. The van der Waals surface area contributed by atoms with E-state index in [1.807, 2.05) is 11.0 Å². The zero-order chi connectivity index (χ0) is 18.7. The van der Waals surface area contributed by atoms with Crippen molar-refractivity contribution < 1.29 is 12.8 Å². The van der Waals surface area contributed by atoms with Crippen molar-refractivity contribution in [3.8, 4) is 6.07 Å². The molecule has 0 spiro atoms. The van der Waals surface area contributed by atoms with Crippen molar-refractivity contribution in [1.82, 2.24) is 4.98 Å². The van der Waals surface area contributed by atoms with Gasteiger partial charge in [-0.1, -0.05) is 0 Å². The van der Waals surface area contributed by atoms with Crippen LogP contribution < -0.4 is 10.2 Å². The van der Waals surface area contributed by atoms with Crippen molar-refractivity contribution in [3.63, 3.8) is 0 Å². The average Bonchev–Trinajstić information content (AvgIpc) is 2.61. The lowest BCUT2D eigenvalue weighted by molar-refractivity contribution is 0.517. The number of anilines is 2. The molecule has 1 atom stereocenters. The van der Waals surface area contributed by atoms with Crippen LogP contribution >= 0.6 is 0 Å². The lowest BCUT2D eigenvalue weighted by Gasteiger charge is -2.35. The number of hydrogen-bond acceptors (Lipinski definition) is 6. The molecule has 1 aliphatic rings. The molecule has 26 heavy (non-hydrogen) atoms. The molecule has 136 valence electrons. The summed E-state index contributed by atoms with van der Waals surface area (Å²) in [5.41, 5.74) is 0.726. The molecule has 1 fully saturated rings. The zero-order valence-corrected chi connectivity index (χ0v) is 15.1. The minimum absolute atomic E-state index is 0.0609. The summed E-state index contributed by atoms with van der Waals surface area (Å²) >= 11 is 0. The molecule has 0 aliphatic carbocycles. The van der Waals surface area contributed by atoms with Gasteiger partial charge in [0.05, 0.1) is 17.3 Å². The first-order valence-electron chi connectivity index (χ1n) is 8.24. The molecule has 2 aromatic rings. The third-order valence-corrected chi connectivity index (χ3v) is 5.48. The van der Waals surface area contributed by atoms with Crippen LogP contribution in [-0.4, -0.2) is 38.8 Å². The summed E-state index contributed by atoms with van der Waals surface area (Å²) in [4.78, 5) is 6.22. The van der Waals surface area contributed by atoms with Gasteiger partial charge < -0.3 is 10.2 Å². The predicted molar refractivity (Wildman–Crippen MR) is 97.3 cm³/mol. The first-order valence-corrected chi connectivity index (χ1v) is 10.1. The Bertz CT molecular complexity index is 956. The first kappa shape index (κ1) is 18.1. The fraction of sp³-hybridized carbons (Fsp3) is 0.333. The number of nitrogens with one attached hydrogen (secondary N) is 1. The van der Waals surface area contributed by atoms with Crippen LogP contribution in [0.3, 0.4) is 0 Å². The first-order chi connectivity index (χ1) is 12.4.